The summed E-state index contributed by atoms with van der Waals surface area (Å²) in [5.41, 5.74) is 6.70. The molecule has 20 heavy (non-hydrogen) atoms. The number of nitrogens with two attached hydrogens (primary N) is 1. The van der Waals surface area contributed by atoms with E-state index in [-0.39, 0.29) is 16.0 Å². The minimum absolute atomic E-state index is 0.0931. The third-order valence-corrected chi connectivity index (χ3v) is 6.41. The lowest BCUT2D eigenvalue weighted by Crippen LogP contribution is -2.11. The van der Waals surface area contributed by atoms with Crippen molar-refractivity contribution in [2.45, 2.75) is 29.5 Å². The monoisotopic (exact) mass is 313 g/mol. The summed E-state index contributed by atoms with van der Waals surface area (Å²) < 4.78 is 30.3. The highest BCUT2D eigenvalue weighted by molar-refractivity contribution is 7.92. The fourth-order valence-electron chi connectivity index (χ4n) is 1.97. The van der Waals surface area contributed by atoms with Gasteiger partial charge in [0.15, 0.2) is 15.7 Å². The van der Waals surface area contributed by atoms with Crippen molar-refractivity contribution in [1.82, 2.24) is 14.2 Å². The summed E-state index contributed by atoms with van der Waals surface area (Å²) in [6, 6.07) is 0. The molecule has 0 radical (unpaired) electrons. The third-order valence-electron chi connectivity index (χ3n) is 3.13. The van der Waals surface area contributed by atoms with E-state index >= 15 is 0 Å². The smallest absolute Gasteiger partial charge is 0.187 e. The van der Waals surface area contributed by atoms with Crippen LogP contribution in [0.15, 0.2) is 17.3 Å². The number of anilines is 2. The fourth-order valence-corrected chi connectivity index (χ4v) is 4.85. The van der Waals surface area contributed by atoms with Gasteiger partial charge in [0.25, 0.3) is 0 Å². The van der Waals surface area contributed by atoms with Crippen LogP contribution < -0.4 is 11.1 Å². The van der Waals surface area contributed by atoms with Gasteiger partial charge in [0.2, 0.25) is 0 Å². The quantitative estimate of drug-likeness (QED) is 0.854. The molecule has 108 valence electrons. The van der Waals surface area contributed by atoms with Gasteiger partial charge in [0.05, 0.1) is 11.4 Å². The summed E-state index contributed by atoms with van der Waals surface area (Å²) in [5, 5.41) is 7.38. The Morgan fingerprint density at radius 3 is 2.90 bits per heavy atom. The zero-order valence-corrected chi connectivity index (χ0v) is 12.5. The van der Waals surface area contributed by atoms with Crippen LogP contribution in [-0.4, -0.2) is 27.8 Å². The molecule has 0 aromatic carbocycles. The standard InChI is InChI=1S/C11H15N5O2S2/c1-16-6-7(5-14-16)4-13-11-9(10(12)15-19-11)20(17,18)8-2-3-8/h5-6,8,13H,2-4H2,1H3,(H2,12,15). The van der Waals surface area contributed by atoms with E-state index in [1.54, 1.807) is 10.9 Å². The zero-order valence-electron chi connectivity index (χ0n) is 10.9. The Balaban J connectivity index is 1.84. The molecule has 0 unspecified atom stereocenters. The molecule has 0 spiro atoms. The number of nitrogens with one attached hydrogen (secondary N) is 1. The van der Waals surface area contributed by atoms with Gasteiger partial charge in [-0.1, -0.05) is 0 Å². The highest BCUT2D eigenvalue weighted by atomic mass is 32.2. The SMILES string of the molecule is Cn1cc(CNc2snc(N)c2S(=O)(=O)C2CC2)cn1. The largest absolute Gasteiger partial charge is 0.382 e. The Hall–Kier alpha value is -1.61. The maximum absolute atomic E-state index is 12.3. The number of rotatable bonds is 5. The van der Waals surface area contributed by atoms with Crippen molar-refractivity contribution in [2.24, 2.45) is 7.05 Å². The van der Waals surface area contributed by atoms with Crippen LogP contribution in [-0.2, 0) is 23.4 Å². The average Bonchev–Trinajstić information content (AvgIpc) is 3.08. The molecule has 3 rings (SSSR count). The van der Waals surface area contributed by atoms with E-state index in [1.807, 2.05) is 13.2 Å². The molecule has 1 aliphatic carbocycles. The van der Waals surface area contributed by atoms with Crippen LogP contribution in [0.1, 0.15) is 18.4 Å². The van der Waals surface area contributed by atoms with E-state index in [0.717, 1.165) is 17.1 Å². The molecule has 2 heterocycles. The first-order valence-corrected chi connectivity index (χ1v) is 8.51. The summed E-state index contributed by atoms with van der Waals surface area (Å²) in [7, 11) is -1.51. The van der Waals surface area contributed by atoms with E-state index in [1.165, 1.54) is 0 Å². The minimum Gasteiger partial charge on any atom is -0.382 e. The van der Waals surface area contributed by atoms with Crippen LogP contribution in [0.2, 0.25) is 0 Å². The number of hydrogen-bond donors (Lipinski definition) is 2. The van der Waals surface area contributed by atoms with Gasteiger partial charge in [0, 0.05) is 25.4 Å². The van der Waals surface area contributed by atoms with Crippen molar-refractivity contribution >= 4 is 32.2 Å². The van der Waals surface area contributed by atoms with Crippen LogP contribution in [0.3, 0.4) is 0 Å². The van der Waals surface area contributed by atoms with Crippen molar-refractivity contribution in [1.29, 1.82) is 0 Å². The fraction of sp³-hybridized carbons (Fsp3) is 0.455. The maximum atomic E-state index is 12.3. The molecule has 0 bridgehead atoms. The summed E-state index contributed by atoms with van der Waals surface area (Å²) in [4.78, 5) is 0.161. The predicted molar refractivity (Wildman–Crippen MR) is 77.3 cm³/mol. The molecule has 2 aromatic rings. The first-order chi connectivity index (χ1) is 9.48. The van der Waals surface area contributed by atoms with Gasteiger partial charge in [-0.15, -0.1) is 0 Å². The summed E-state index contributed by atoms with van der Waals surface area (Å²) in [5.74, 6) is 0.0931. The van der Waals surface area contributed by atoms with Crippen molar-refractivity contribution in [3.05, 3.63) is 18.0 Å². The number of aryl methyl sites for hydroxylation is 1. The van der Waals surface area contributed by atoms with Crippen molar-refractivity contribution in [3.8, 4) is 0 Å². The Morgan fingerprint density at radius 2 is 2.30 bits per heavy atom. The Morgan fingerprint density at radius 1 is 1.55 bits per heavy atom. The van der Waals surface area contributed by atoms with Crippen LogP contribution in [0, 0.1) is 0 Å². The Labute approximate surface area is 120 Å². The summed E-state index contributed by atoms with van der Waals surface area (Å²) in [6.07, 6.45) is 5.01. The van der Waals surface area contributed by atoms with Crippen molar-refractivity contribution in [3.63, 3.8) is 0 Å². The van der Waals surface area contributed by atoms with Crippen LogP contribution in [0.5, 0.6) is 0 Å². The lowest BCUT2D eigenvalue weighted by atomic mass is 10.3. The summed E-state index contributed by atoms with van der Waals surface area (Å²) in [6.45, 7) is 0.489. The normalized spacial score (nSPS) is 15.4. The molecule has 1 aliphatic rings. The minimum atomic E-state index is -3.34. The molecule has 0 atom stereocenters. The predicted octanol–water partition coefficient (Wildman–Crippen LogP) is 1.01. The first-order valence-electron chi connectivity index (χ1n) is 6.19. The Kier molecular flexibility index (Phi) is 3.17. The zero-order chi connectivity index (χ0) is 14.3. The molecule has 0 saturated heterocycles. The molecule has 9 heteroatoms. The van der Waals surface area contributed by atoms with Crippen molar-refractivity contribution < 1.29 is 8.42 Å². The molecular formula is C11H15N5O2S2. The second kappa shape index (κ2) is 4.74. The molecule has 1 fully saturated rings. The van der Waals surface area contributed by atoms with Crippen LogP contribution in [0.25, 0.3) is 0 Å². The molecule has 3 N–H and O–H groups in total. The van der Waals surface area contributed by atoms with E-state index < -0.39 is 9.84 Å². The van der Waals surface area contributed by atoms with E-state index in [2.05, 4.69) is 14.8 Å². The van der Waals surface area contributed by atoms with E-state index in [9.17, 15) is 8.42 Å². The molecule has 1 saturated carbocycles. The molecular weight excluding hydrogens is 298 g/mol. The second-order valence-corrected chi connectivity index (χ2v) is 7.78. The van der Waals surface area contributed by atoms with E-state index in [4.69, 9.17) is 5.73 Å². The van der Waals surface area contributed by atoms with Gasteiger partial charge < -0.3 is 11.1 Å². The lowest BCUT2D eigenvalue weighted by molar-refractivity contribution is 0.595. The van der Waals surface area contributed by atoms with Crippen molar-refractivity contribution in [2.75, 3.05) is 11.1 Å². The molecule has 0 amide bonds. The topological polar surface area (TPSA) is 103 Å². The molecule has 2 aromatic heterocycles. The highest BCUT2D eigenvalue weighted by Gasteiger charge is 2.40. The van der Waals surface area contributed by atoms with Crippen LogP contribution in [0.4, 0.5) is 10.8 Å². The molecule has 7 nitrogen and oxygen atoms in total. The number of hydrogen-bond acceptors (Lipinski definition) is 7. The van der Waals surface area contributed by atoms with Gasteiger partial charge in [-0.2, -0.15) is 9.47 Å². The van der Waals surface area contributed by atoms with Gasteiger partial charge in [-0.3, -0.25) is 4.68 Å². The highest BCUT2D eigenvalue weighted by Crippen LogP contribution is 2.41. The number of nitrogens with zero attached hydrogens (tertiary/aromatic N) is 3. The Bertz CT molecular complexity index is 730. The van der Waals surface area contributed by atoms with Gasteiger partial charge in [-0.25, -0.2) is 8.42 Å². The number of sulfone groups is 1. The van der Waals surface area contributed by atoms with Gasteiger partial charge in [-0.05, 0) is 24.4 Å². The molecule has 0 aliphatic heterocycles. The van der Waals surface area contributed by atoms with Crippen LogP contribution >= 0.6 is 11.5 Å². The number of nitrogen functional groups attached to an aromatic ring is 1. The third kappa shape index (κ3) is 2.38. The average molecular weight is 313 g/mol. The van der Waals surface area contributed by atoms with Gasteiger partial charge >= 0.3 is 0 Å². The lowest BCUT2D eigenvalue weighted by Gasteiger charge is -2.06. The maximum Gasteiger partial charge on any atom is 0.187 e. The number of aromatic nitrogens is 3. The van der Waals surface area contributed by atoms with E-state index in [0.29, 0.717) is 24.4 Å². The first kappa shape index (κ1) is 13.4. The second-order valence-electron chi connectivity index (χ2n) is 4.85. The van der Waals surface area contributed by atoms with Gasteiger partial charge in [0.1, 0.15) is 9.90 Å². The summed E-state index contributed by atoms with van der Waals surface area (Å²) >= 11 is 1.08.